The second kappa shape index (κ2) is 5.51. The zero-order chi connectivity index (χ0) is 13.8. The fourth-order valence-electron chi connectivity index (χ4n) is 1.93. The maximum absolute atomic E-state index is 11.6. The van der Waals surface area contributed by atoms with E-state index in [9.17, 15) is 14.4 Å². The molecule has 100 valence electrons. The summed E-state index contributed by atoms with van der Waals surface area (Å²) in [6.07, 6.45) is 0.779. The van der Waals surface area contributed by atoms with E-state index in [4.69, 9.17) is 5.11 Å². The Morgan fingerprint density at radius 1 is 1.32 bits per heavy atom. The van der Waals surface area contributed by atoms with Gasteiger partial charge < -0.3 is 15.7 Å². The van der Waals surface area contributed by atoms with Gasteiger partial charge in [0.15, 0.2) is 0 Å². The molecule has 1 aromatic rings. The highest BCUT2D eigenvalue weighted by Gasteiger charge is 2.17. The second-order valence-corrected chi connectivity index (χ2v) is 4.39. The highest BCUT2D eigenvalue weighted by molar-refractivity contribution is 6.00. The number of hydrogen-bond donors (Lipinski definition) is 3. The Hall–Kier alpha value is -2.37. The second-order valence-electron chi connectivity index (χ2n) is 4.39. The third kappa shape index (κ3) is 3.54. The maximum Gasteiger partial charge on any atom is 0.303 e. The molecule has 2 amide bonds. The van der Waals surface area contributed by atoms with Gasteiger partial charge in [0.25, 0.3) is 0 Å². The number of nitrogens with one attached hydrogen (secondary N) is 2. The first-order valence-electron chi connectivity index (χ1n) is 5.99. The predicted molar refractivity (Wildman–Crippen MR) is 68.9 cm³/mol. The molecular weight excluding hydrogens is 248 g/mol. The third-order valence-electron chi connectivity index (χ3n) is 2.81. The van der Waals surface area contributed by atoms with Crippen LogP contribution in [0.25, 0.3) is 0 Å². The van der Waals surface area contributed by atoms with Crippen LogP contribution in [0.1, 0.15) is 24.8 Å². The van der Waals surface area contributed by atoms with Gasteiger partial charge >= 0.3 is 5.97 Å². The van der Waals surface area contributed by atoms with Crippen LogP contribution in [0, 0.1) is 0 Å². The minimum absolute atomic E-state index is 0.0178. The molecule has 0 unspecified atom stereocenters. The van der Waals surface area contributed by atoms with Crippen LogP contribution in [-0.4, -0.2) is 22.9 Å². The molecule has 0 radical (unpaired) electrons. The van der Waals surface area contributed by atoms with Crippen molar-refractivity contribution in [3.63, 3.8) is 0 Å². The van der Waals surface area contributed by atoms with Gasteiger partial charge in [0.05, 0.1) is 6.42 Å². The van der Waals surface area contributed by atoms with Crippen molar-refractivity contribution in [2.24, 2.45) is 0 Å². The minimum Gasteiger partial charge on any atom is -0.481 e. The number of carboxylic acids is 1. The van der Waals surface area contributed by atoms with Crippen LogP contribution in [0.2, 0.25) is 0 Å². The Balaban J connectivity index is 1.89. The normalized spacial score (nSPS) is 12.7. The van der Waals surface area contributed by atoms with E-state index < -0.39 is 5.97 Å². The van der Waals surface area contributed by atoms with Crippen molar-refractivity contribution < 1.29 is 19.5 Å². The molecule has 1 aliphatic heterocycles. The lowest BCUT2D eigenvalue weighted by Gasteiger charge is -2.06. The van der Waals surface area contributed by atoms with Crippen molar-refractivity contribution in [1.82, 2.24) is 0 Å². The van der Waals surface area contributed by atoms with Crippen LogP contribution in [0.15, 0.2) is 18.2 Å². The fraction of sp³-hybridized carbons (Fsp3) is 0.308. The molecule has 6 heteroatoms. The summed E-state index contributed by atoms with van der Waals surface area (Å²) in [4.78, 5) is 33.1. The molecule has 0 spiro atoms. The average molecular weight is 262 g/mol. The lowest BCUT2D eigenvalue weighted by Crippen LogP contribution is -2.12. The average Bonchev–Trinajstić information content (AvgIpc) is 2.67. The first kappa shape index (κ1) is 13.1. The number of benzene rings is 1. The van der Waals surface area contributed by atoms with Crippen molar-refractivity contribution in [3.05, 3.63) is 23.8 Å². The van der Waals surface area contributed by atoms with E-state index in [-0.39, 0.29) is 24.7 Å². The molecule has 1 aliphatic rings. The van der Waals surface area contributed by atoms with Gasteiger partial charge in [0.2, 0.25) is 11.8 Å². The van der Waals surface area contributed by atoms with Crippen LogP contribution < -0.4 is 10.6 Å². The number of fused-ring (bicyclic) bond motifs is 1. The highest BCUT2D eigenvalue weighted by atomic mass is 16.4. The van der Waals surface area contributed by atoms with Crippen LogP contribution in [0.4, 0.5) is 11.4 Å². The number of carbonyl (C=O) groups is 3. The van der Waals surface area contributed by atoms with Crippen LogP contribution >= 0.6 is 0 Å². The lowest BCUT2D eigenvalue weighted by atomic mass is 10.1. The predicted octanol–water partition coefficient (Wildman–Crippen LogP) is 1.37. The smallest absolute Gasteiger partial charge is 0.303 e. The quantitative estimate of drug-likeness (QED) is 0.746. The van der Waals surface area contributed by atoms with E-state index in [1.807, 2.05) is 0 Å². The molecule has 0 saturated carbocycles. The molecule has 0 atom stereocenters. The van der Waals surface area contributed by atoms with E-state index in [0.29, 0.717) is 18.5 Å². The standard InChI is InChI=1S/C13H14N2O4/c16-11(2-1-3-13(18)19)14-9-4-5-10-8(6-9)7-12(17)15-10/h4-6H,1-3,7H2,(H,14,16)(H,15,17)(H,18,19). The minimum atomic E-state index is -0.907. The molecule has 0 saturated heterocycles. The van der Waals surface area contributed by atoms with E-state index >= 15 is 0 Å². The molecule has 1 heterocycles. The molecule has 1 aromatic carbocycles. The van der Waals surface area contributed by atoms with Gasteiger partial charge in [0, 0.05) is 24.2 Å². The summed E-state index contributed by atoms with van der Waals surface area (Å²) in [6.45, 7) is 0. The molecule has 0 aliphatic carbocycles. The Kier molecular flexibility index (Phi) is 3.79. The molecule has 19 heavy (non-hydrogen) atoms. The number of rotatable bonds is 5. The number of amides is 2. The molecule has 0 aromatic heterocycles. The molecule has 0 bridgehead atoms. The Morgan fingerprint density at radius 3 is 2.84 bits per heavy atom. The molecule has 0 fully saturated rings. The van der Waals surface area contributed by atoms with Crippen LogP contribution in [0.3, 0.4) is 0 Å². The zero-order valence-corrected chi connectivity index (χ0v) is 10.2. The summed E-state index contributed by atoms with van der Waals surface area (Å²) in [5, 5.41) is 13.9. The van der Waals surface area contributed by atoms with Crippen molar-refractivity contribution in [1.29, 1.82) is 0 Å². The van der Waals surface area contributed by atoms with E-state index in [1.54, 1.807) is 18.2 Å². The summed E-state index contributed by atoms with van der Waals surface area (Å²) in [6, 6.07) is 5.20. The first-order chi connectivity index (χ1) is 9.04. The highest BCUT2D eigenvalue weighted by Crippen LogP contribution is 2.26. The molecule has 3 N–H and O–H groups in total. The van der Waals surface area contributed by atoms with Gasteiger partial charge in [-0.2, -0.15) is 0 Å². The molecular formula is C13H14N2O4. The first-order valence-corrected chi connectivity index (χ1v) is 5.99. The van der Waals surface area contributed by atoms with Gasteiger partial charge in [-0.1, -0.05) is 0 Å². The Morgan fingerprint density at radius 2 is 2.11 bits per heavy atom. The maximum atomic E-state index is 11.6. The number of anilines is 2. The number of carboxylic acid groups (broad SMARTS) is 1. The van der Waals surface area contributed by atoms with Gasteiger partial charge in [0.1, 0.15) is 0 Å². The van der Waals surface area contributed by atoms with E-state index in [1.165, 1.54) is 0 Å². The molecule has 6 nitrogen and oxygen atoms in total. The Labute approximate surface area is 109 Å². The van der Waals surface area contributed by atoms with E-state index in [2.05, 4.69) is 10.6 Å². The number of hydrogen-bond acceptors (Lipinski definition) is 3. The van der Waals surface area contributed by atoms with Gasteiger partial charge in [-0.3, -0.25) is 14.4 Å². The summed E-state index contributed by atoms with van der Waals surface area (Å²) in [7, 11) is 0. The largest absolute Gasteiger partial charge is 0.481 e. The summed E-state index contributed by atoms with van der Waals surface area (Å²) >= 11 is 0. The summed E-state index contributed by atoms with van der Waals surface area (Å²) < 4.78 is 0. The molecule has 2 rings (SSSR count). The van der Waals surface area contributed by atoms with Gasteiger partial charge in [-0.05, 0) is 30.2 Å². The topological polar surface area (TPSA) is 95.5 Å². The van der Waals surface area contributed by atoms with Crippen molar-refractivity contribution in [2.75, 3.05) is 10.6 Å². The van der Waals surface area contributed by atoms with Crippen molar-refractivity contribution in [2.45, 2.75) is 25.7 Å². The van der Waals surface area contributed by atoms with Crippen molar-refractivity contribution >= 4 is 29.2 Å². The number of aliphatic carboxylic acids is 1. The zero-order valence-electron chi connectivity index (χ0n) is 10.2. The lowest BCUT2D eigenvalue weighted by molar-refractivity contribution is -0.137. The van der Waals surface area contributed by atoms with Crippen LogP contribution in [-0.2, 0) is 20.8 Å². The van der Waals surface area contributed by atoms with Gasteiger partial charge in [-0.25, -0.2) is 0 Å². The third-order valence-corrected chi connectivity index (χ3v) is 2.81. The SMILES string of the molecule is O=C(O)CCCC(=O)Nc1ccc2c(c1)CC(=O)N2. The van der Waals surface area contributed by atoms with Crippen molar-refractivity contribution in [3.8, 4) is 0 Å². The number of carbonyl (C=O) groups excluding carboxylic acids is 2. The Bertz CT molecular complexity index is 539. The summed E-state index contributed by atoms with van der Waals surface area (Å²) in [5.74, 6) is -1.19. The van der Waals surface area contributed by atoms with E-state index in [0.717, 1.165) is 11.3 Å². The monoisotopic (exact) mass is 262 g/mol. The fourth-order valence-corrected chi connectivity index (χ4v) is 1.93. The van der Waals surface area contributed by atoms with Crippen LogP contribution in [0.5, 0.6) is 0 Å². The summed E-state index contributed by atoms with van der Waals surface area (Å²) in [5.41, 5.74) is 2.25. The van der Waals surface area contributed by atoms with Gasteiger partial charge in [-0.15, -0.1) is 0 Å².